The van der Waals surface area contributed by atoms with E-state index in [4.69, 9.17) is 4.74 Å². The number of nitrogens with one attached hydrogen (secondary N) is 1. The quantitative estimate of drug-likeness (QED) is 0.861. The molecule has 0 aromatic carbocycles. The van der Waals surface area contributed by atoms with E-state index < -0.39 is 5.60 Å². The smallest absolute Gasteiger partial charge is 0.274 e. The van der Waals surface area contributed by atoms with E-state index in [-0.39, 0.29) is 24.0 Å². The zero-order valence-electron chi connectivity index (χ0n) is 13.0. The van der Waals surface area contributed by atoms with Crippen LogP contribution in [0.25, 0.3) is 0 Å². The van der Waals surface area contributed by atoms with Gasteiger partial charge >= 0.3 is 0 Å². The van der Waals surface area contributed by atoms with E-state index >= 15 is 0 Å². The second kappa shape index (κ2) is 4.81. The highest BCUT2D eigenvalue weighted by atomic mass is 16.5. The second-order valence-corrected chi connectivity index (χ2v) is 6.82. The second-order valence-electron chi connectivity index (χ2n) is 6.82. The fourth-order valence-electron chi connectivity index (χ4n) is 3.09. The molecule has 0 aliphatic carbocycles. The van der Waals surface area contributed by atoms with Crippen LogP contribution in [0.5, 0.6) is 0 Å². The molecular weight excluding hydrogens is 270 g/mol. The largest absolute Gasteiger partial charge is 0.390 e. The lowest BCUT2D eigenvalue weighted by Crippen LogP contribution is -2.57. The van der Waals surface area contributed by atoms with Crippen molar-refractivity contribution < 1.29 is 14.6 Å². The summed E-state index contributed by atoms with van der Waals surface area (Å²) in [6.45, 7) is 8.73. The zero-order chi connectivity index (χ0) is 15.4. The van der Waals surface area contributed by atoms with Crippen LogP contribution in [0.1, 0.15) is 55.5 Å². The molecule has 6 nitrogen and oxygen atoms in total. The molecule has 0 spiro atoms. The number of aromatic amines is 1. The van der Waals surface area contributed by atoms with E-state index in [9.17, 15) is 9.90 Å². The Kier molecular flexibility index (Phi) is 3.33. The molecular formula is C15H23N3O3. The van der Waals surface area contributed by atoms with Crippen LogP contribution in [0.2, 0.25) is 0 Å². The van der Waals surface area contributed by atoms with E-state index in [2.05, 4.69) is 10.2 Å². The minimum Gasteiger partial charge on any atom is -0.390 e. The van der Waals surface area contributed by atoms with E-state index in [0.717, 1.165) is 11.3 Å². The lowest BCUT2D eigenvalue weighted by atomic mass is 9.84. The third kappa shape index (κ3) is 2.46. The standard InChI is InChI=1S/C15H23N3O3/c1-8-5-11-12(9(2)21-8)16-17-13(11)14(19)18-6-10(7-18)15(3,4)20/h8-10,20H,5-7H2,1-4H3,(H,16,17)/t8-,9+/m1/s1. The van der Waals surface area contributed by atoms with Gasteiger partial charge in [0.25, 0.3) is 5.91 Å². The Morgan fingerprint density at radius 2 is 2.10 bits per heavy atom. The third-order valence-corrected chi connectivity index (χ3v) is 4.60. The number of fused-ring (bicyclic) bond motifs is 1. The Morgan fingerprint density at radius 1 is 1.43 bits per heavy atom. The highest BCUT2D eigenvalue weighted by molar-refractivity contribution is 5.94. The van der Waals surface area contributed by atoms with E-state index in [0.29, 0.717) is 25.2 Å². The molecule has 0 radical (unpaired) electrons. The van der Waals surface area contributed by atoms with Gasteiger partial charge < -0.3 is 14.7 Å². The number of ether oxygens (including phenoxy) is 1. The van der Waals surface area contributed by atoms with Gasteiger partial charge in [0.15, 0.2) is 5.69 Å². The molecule has 0 unspecified atom stereocenters. The van der Waals surface area contributed by atoms with Crippen LogP contribution >= 0.6 is 0 Å². The van der Waals surface area contributed by atoms with Crippen LogP contribution in [-0.4, -0.2) is 50.9 Å². The number of aromatic nitrogens is 2. The Hall–Kier alpha value is -1.40. The summed E-state index contributed by atoms with van der Waals surface area (Å²) in [5, 5.41) is 17.1. The summed E-state index contributed by atoms with van der Waals surface area (Å²) in [7, 11) is 0. The summed E-state index contributed by atoms with van der Waals surface area (Å²) in [4.78, 5) is 14.3. The molecule has 116 valence electrons. The van der Waals surface area contributed by atoms with Crippen LogP contribution in [0, 0.1) is 5.92 Å². The van der Waals surface area contributed by atoms with E-state index in [1.165, 1.54) is 0 Å². The van der Waals surface area contributed by atoms with Crippen LogP contribution < -0.4 is 0 Å². The number of likely N-dealkylation sites (tertiary alicyclic amines) is 1. The minimum absolute atomic E-state index is 0.0469. The van der Waals surface area contributed by atoms with Crippen molar-refractivity contribution in [3.05, 3.63) is 17.0 Å². The fourth-order valence-corrected chi connectivity index (χ4v) is 3.09. The lowest BCUT2D eigenvalue weighted by Gasteiger charge is -2.45. The first-order valence-corrected chi connectivity index (χ1v) is 7.51. The van der Waals surface area contributed by atoms with Gasteiger partial charge in [-0.3, -0.25) is 9.89 Å². The van der Waals surface area contributed by atoms with E-state index in [1.807, 2.05) is 13.8 Å². The number of aliphatic hydroxyl groups is 1. The molecule has 2 N–H and O–H groups in total. The summed E-state index contributed by atoms with van der Waals surface area (Å²) >= 11 is 0. The van der Waals surface area contributed by atoms with Crippen LogP contribution in [0.4, 0.5) is 0 Å². The highest BCUT2D eigenvalue weighted by Crippen LogP contribution is 2.33. The normalized spacial score (nSPS) is 26.4. The molecule has 2 aliphatic rings. The average molecular weight is 293 g/mol. The molecule has 21 heavy (non-hydrogen) atoms. The topological polar surface area (TPSA) is 78.5 Å². The van der Waals surface area contributed by atoms with Crippen molar-refractivity contribution in [2.75, 3.05) is 13.1 Å². The maximum Gasteiger partial charge on any atom is 0.274 e. The number of amides is 1. The molecule has 2 aliphatic heterocycles. The fraction of sp³-hybridized carbons (Fsp3) is 0.733. The van der Waals surface area contributed by atoms with Crippen molar-refractivity contribution in [2.24, 2.45) is 5.92 Å². The van der Waals surface area contributed by atoms with Crippen LogP contribution in [0.15, 0.2) is 0 Å². The van der Waals surface area contributed by atoms with Gasteiger partial charge in [0.2, 0.25) is 0 Å². The van der Waals surface area contributed by atoms with E-state index in [1.54, 1.807) is 18.7 Å². The van der Waals surface area contributed by atoms with Crippen molar-refractivity contribution >= 4 is 5.91 Å². The molecule has 1 fully saturated rings. The van der Waals surface area contributed by atoms with Gasteiger partial charge in [0.05, 0.1) is 23.5 Å². The van der Waals surface area contributed by atoms with Crippen LogP contribution in [0.3, 0.4) is 0 Å². The first kappa shape index (κ1) is 14.5. The molecule has 1 aromatic rings. The van der Waals surface area contributed by atoms with Gasteiger partial charge in [-0.15, -0.1) is 0 Å². The van der Waals surface area contributed by atoms with Crippen LogP contribution in [-0.2, 0) is 11.2 Å². The first-order chi connectivity index (χ1) is 9.77. The predicted molar refractivity (Wildman–Crippen MR) is 76.9 cm³/mol. The van der Waals surface area contributed by atoms with Gasteiger partial charge in [-0.2, -0.15) is 5.10 Å². The Labute approximate surface area is 124 Å². The molecule has 6 heteroatoms. The van der Waals surface area contributed by atoms with Gasteiger partial charge in [-0.25, -0.2) is 0 Å². The number of H-pyrrole nitrogens is 1. The number of nitrogens with zero attached hydrogens (tertiary/aromatic N) is 2. The minimum atomic E-state index is -0.737. The van der Waals surface area contributed by atoms with Crippen molar-refractivity contribution in [1.29, 1.82) is 0 Å². The molecule has 3 heterocycles. The number of hydrogen-bond donors (Lipinski definition) is 2. The summed E-state index contributed by atoms with van der Waals surface area (Å²) < 4.78 is 5.74. The SMILES string of the molecule is C[C@@H]1Cc2c(C(=O)N3CC(C(C)(C)O)C3)n[nH]c2[C@H](C)O1. The third-order valence-electron chi connectivity index (χ3n) is 4.60. The Balaban J connectivity index is 1.76. The molecule has 0 bridgehead atoms. The zero-order valence-corrected chi connectivity index (χ0v) is 13.0. The lowest BCUT2D eigenvalue weighted by molar-refractivity contribution is -0.0509. The molecule has 0 saturated carbocycles. The van der Waals surface area contributed by atoms with Crippen molar-refractivity contribution in [3.63, 3.8) is 0 Å². The molecule has 3 rings (SSSR count). The Morgan fingerprint density at radius 3 is 2.71 bits per heavy atom. The Bertz CT molecular complexity index is 555. The van der Waals surface area contributed by atoms with Gasteiger partial charge in [0.1, 0.15) is 0 Å². The summed E-state index contributed by atoms with van der Waals surface area (Å²) in [5.41, 5.74) is 1.67. The maximum atomic E-state index is 12.6. The number of rotatable bonds is 2. The van der Waals surface area contributed by atoms with Crippen molar-refractivity contribution in [3.8, 4) is 0 Å². The first-order valence-electron chi connectivity index (χ1n) is 7.51. The number of carbonyl (C=O) groups is 1. The highest BCUT2D eigenvalue weighted by Gasteiger charge is 2.41. The molecule has 1 amide bonds. The number of carbonyl (C=O) groups excluding carboxylic acids is 1. The van der Waals surface area contributed by atoms with Gasteiger partial charge in [-0.1, -0.05) is 0 Å². The van der Waals surface area contributed by atoms with Gasteiger partial charge in [-0.05, 0) is 27.7 Å². The maximum absolute atomic E-state index is 12.6. The van der Waals surface area contributed by atoms with Crippen molar-refractivity contribution in [1.82, 2.24) is 15.1 Å². The predicted octanol–water partition coefficient (Wildman–Crippen LogP) is 1.27. The summed E-state index contributed by atoms with van der Waals surface area (Å²) in [6, 6.07) is 0. The van der Waals surface area contributed by atoms with Crippen molar-refractivity contribution in [2.45, 2.75) is 51.9 Å². The van der Waals surface area contributed by atoms with Gasteiger partial charge in [0, 0.05) is 31.0 Å². The number of hydrogen-bond acceptors (Lipinski definition) is 4. The monoisotopic (exact) mass is 293 g/mol. The summed E-state index contributed by atoms with van der Waals surface area (Å²) in [5.74, 6) is 0.0895. The molecule has 1 saturated heterocycles. The molecule has 2 atom stereocenters. The molecule has 1 aromatic heterocycles. The summed E-state index contributed by atoms with van der Waals surface area (Å²) in [6.07, 6.45) is 0.746. The average Bonchev–Trinajstić information content (AvgIpc) is 2.68.